The van der Waals surface area contributed by atoms with Gasteiger partial charge in [-0.25, -0.2) is 0 Å². The van der Waals surface area contributed by atoms with E-state index in [2.05, 4.69) is 11.8 Å². The van der Waals surface area contributed by atoms with E-state index in [9.17, 15) is 5.11 Å². The molecule has 2 rings (SSSR count). The van der Waals surface area contributed by atoms with Gasteiger partial charge in [0.25, 0.3) is 0 Å². The molecule has 1 saturated heterocycles. The van der Waals surface area contributed by atoms with Gasteiger partial charge < -0.3 is 9.84 Å². The molecule has 0 bridgehead atoms. The lowest BCUT2D eigenvalue weighted by Gasteiger charge is -2.24. The van der Waals surface area contributed by atoms with Gasteiger partial charge in [0.05, 0.1) is 36.0 Å². The van der Waals surface area contributed by atoms with Crippen molar-refractivity contribution in [2.24, 2.45) is 5.92 Å². The maximum Gasteiger partial charge on any atom is 0.0992 e. The van der Waals surface area contributed by atoms with Crippen LogP contribution in [0.1, 0.15) is 36.1 Å². The Hall–Kier alpha value is -1.92. The second kappa shape index (κ2) is 7.38. The fraction of sp³-hybridized carbons (Fsp3) is 0.529. The summed E-state index contributed by atoms with van der Waals surface area (Å²) in [6.07, 6.45) is 0.353. The first-order valence-electron chi connectivity index (χ1n) is 7.43. The summed E-state index contributed by atoms with van der Waals surface area (Å²) >= 11 is 0. The number of likely N-dealkylation sites (tertiary alicyclic amines) is 1. The van der Waals surface area contributed by atoms with Gasteiger partial charge in [0.2, 0.25) is 0 Å². The van der Waals surface area contributed by atoms with Crippen LogP contribution in [-0.4, -0.2) is 42.9 Å². The van der Waals surface area contributed by atoms with Crippen molar-refractivity contribution in [3.05, 3.63) is 34.9 Å². The maximum absolute atomic E-state index is 10.5. The van der Waals surface area contributed by atoms with Crippen LogP contribution in [0.25, 0.3) is 0 Å². The molecule has 1 aliphatic rings. The first-order chi connectivity index (χ1) is 10.6. The van der Waals surface area contributed by atoms with Gasteiger partial charge in [-0.15, -0.1) is 0 Å². The van der Waals surface area contributed by atoms with E-state index >= 15 is 0 Å². The molecule has 22 heavy (non-hydrogen) atoms. The molecule has 0 radical (unpaired) electrons. The zero-order valence-corrected chi connectivity index (χ0v) is 13.0. The molecule has 0 spiro atoms. The summed E-state index contributed by atoms with van der Waals surface area (Å²) in [5, 5.41) is 28.5. The monoisotopic (exact) mass is 299 g/mol. The van der Waals surface area contributed by atoms with Gasteiger partial charge in [-0.1, -0.05) is 0 Å². The Balaban J connectivity index is 2.08. The second-order valence-electron chi connectivity index (χ2n) is 5.94. The van der Waals surface area contributed by atoms with E-state index in [1.807, 2.05) is 12.1 Å². The number of nitrogens with zero attached hydrogens (tertiary/aromatic N) is 3. The van der Waals surface area contributed by atoms with Crippen molar-refractivity contribution in [3.8, 4) is 12.1 Å². The number of hydrogen-bond acceptors (Lipinski definition) is 5. The number of rotatable bonds is 5. The molecule has 0 amide bonds. The number of β-amino-alcohol motifs (C(OH)–C–C–N with tert-alkyl or cyclic N) is 1. The van der Waals surface area contributed by atoms with E-state index in [0.29, 0.717) is 35.2 Å². The first kappa shape index (κ1) is 16.5. The average molecular weight is 299 g/mol. The predicted octanol–water partition coefficient (Wildman–Crippen LogP) is 1.82. The lowest BCUT2D eigenvalue weighted by Crippen LogP contribution is -2.32. The Morgan fingerprint density at radius 2 is 1.95 bits per heavy atom. The lowest BCUT2D eigenvalue weighted by molar-refractivity contribution is 0.103. The number of hydrogen-bond donors (Lipinski definition) is 1. The van der Waals surface area contributed by atoms with Crippen molar-refractivity contribution in [3.63, 3.8) is 0 Å². The molecule has 0 saturated carbocycles. The Morgan fingerprint density at radius 1 is 1.32 bits per heavy atom. The molecule has 5 heteroatoms. The maximum atomic E-state index is 10.5. The number of benzene rings is 1. The minimum atomic E-state index is -0.704. The van der Waals surface area contributed by atoms with Crippen LogP contribution in [0.4, 0.5) is 0 Å². The molecular weight excluding hydrogens is 278 g/mol. The molecule has 0 aliphatic carbocycles. The largest absolute Gasteiger partial charge is 0.387 e. The van der Waals surface area contributed by atoms with Crippen LogP contribution >= 0.6 is 0 Å². The summed E-state index contributed by atoms with van der Waals surface area (Å²) in [6.45, 7) is 4.28. The summed E-state index contributed by atoms with van der Waals surface area (Å²) in [6, 6.07) is 9.29. The van der Waals surface area contributed by atoms with E-state index in [-0.39, 0.29) is 0 Å². The molecule has 116 valence electrons. The number of aliphatic hydroxyl groups is 1. The quantitative estimate of drug-likeness (QED) is 0.897. The van der Waals surface area contributed by atoms with Crippen molar-refractivity contribution >= 4 is 0 Å². The van der Waals surface area contributed by atoms with Gasteiger partial charge in [-0.3, -0.25) is 4.90 Å². The first-order valence-corrected chi connectivity index (χ1v) is 7.43. The smallest absolute Gasteiger partial charge is 0.0992 e. The molecule has 1 N–H and O–H groups in total. The normalized spacial score (nSPS) is 23.0. The number of ether oxygens (including phenoxy) is 1. The molecular formula is C17H21N3O2. The molecule has 1 aliphatic heterocycles. The van der Waals surface area contributed by atoms with Crippen molar-refractivity contribution < 1.29 is 9.84 Å². The van der Waals surface area contributed by atoms with Gasteiger partial charge in [0.15, 0.2) is 0 Å². The van der Waals surface area contributed by atoms with E-state index in [1.165, 1.54) is 6.07 Å². The highest BCUT2D eigenvalue weighted by atomic mass is 16.5. The van der Waals surface area contributed by atoms with Crippen LogP contribution in [-0.2, 0) is 4.74 Å². The number of aliphatic hydroxyl groups excluding tert-OH is 1. The van der Waals surface area contributed by atoms with Gasteiger partial charge in [-0.05, 0) is 43.0 Å². The summed E-state index contributed by atoms with van der Waals surface area (Å²) in [5.74, 6) is 0.493. The molecule has 1 aromatic rings. The third-order valence-electron chi connectivity index (χ3n) is 4.20. The molecule has 1 fully saturated rings. The van der Waals surface area contributed by atoms with Crippen LogP contribution < -0.4 is 0 Å². The molecule has 5 nitrogen and oxygen atoms in total. The Labute approximate surface area is 131 Å². The zero-order valence-electron chi connectivity index (χ0n) is 13.0. The topological polar surface area (TPSA) is 80.3 Å². The highest BCUT2D eigenvalue weighted by molar-refractivity contribution is 5.43. The SMILES string of the molecule is COCC1CC(C)N(CC(O)c2cc(C#N)cc(C#N)c2)C1. The third kappa shape index (κ3) is 3.84. The van der Waals surface area contributed by atoms with E-state index in [0.717, 1.165) is 19.6 Å². The number of methoxy groups -OCH3 is 1. The van der Waals surface area contributed by atoms with E-state index < -0.39 is 6.10 Å². The van der Waals surface area contributed by atoms with Crippen molar-refractivity contribution in [1.82, 2.24) is 4.90 Å². The summed E-state index contributed by atoms with van der Waals surface area (Å²) in [7, 11) is 1.71. The molecule has 3 atom stereocenters. The molecule has 3 unspecified atom stereocenters. The minimum absolute atomic E-state index is 0.393. The van der Waals surface area contributed by atoms with Crippen molar-refractivity contribution in [1.29, 1.82) is 10.5 Å². The van der Waals surface area contributed by atoms with Crippen LogP contribution in [0, 0.1) is 28.6 Å². The van der Waals surface area contributed by atoms with Crippen LogP contribution in [0.3, 0.4) is 0 Å². The Kier molecular flexibility index (Phi) is 5.51. The summed E-state index contributed by atoms with van der Waals surface area (Å²) in [5.41, 5.74) is 1.43. The second-order valence-corrected chi connectivity index (χ2v) is 5.94. The van der Waals surface area contributed by atoms with Gasteiger partial charge >= 0.3 is 0 Å². The van der Waals surface area contributed by atoms with E-state index in [4.69, 9.17) is 15.3 Å². The van der Waals surface area contributed by atoms with Gasteiger partial charge in [0, 0.05) is 26.2 Å². The fourth-order valence-electron chi connectivity index (χ4n) is 3.13. The highest BCUT2D eigenvalue weighted by Gasteiger charge is 2.30. The highest BCUT2D eigenvalue weighted by Crippen LogP contribution is 2.26. The van der Waals surface area contributed by atoms with Crippen molar-refractivity contribution in [2.75, 3.05) is 26.8 Å². The molecule has 1 heterocycles. The van der Waals surface area contributed by atoms with Gasteiger partial charge in [0.1, 0.15) is 0 Å². The summed E-state index contributed by atoms with van der Waals surface area (Å²) < 4.78 is 5.21. The van der Waals surface area contributed by atoms with Crippen LogP contribution in [0.2, 0.25) is 0 Å². The summed E-state index contributed by atoms with van der Waals surface area (Å²) in [4.78, 5) is 2.24. The predicted molar refractivity (Wildman–Crippen MR) is 81.8 cm³/mol. The number of nitriles is 2. The fourth-order valence-corrected chi connectivity index (χ4v) is 3.13. The lowest BCUT2D eigenvalue weighted by atomic mass is 10.0. The Bertz CT molecular complexity index is 571. The van der Waals surface area contributed by atoms with Crippen LogP contribution in [0.5, 0.6) is 0 Å². The van der Waals surface area contributed by atoms with Crippen molar-refractivity contribution in [2.45, 2.75) is 25.5 Å². The van der Waals surface area contributed by atoms with Crippen LogP contribution in [0.15, 0.2) is 18.2 Å². The van der Waals surface area contributed by atoms with E-state index in [1.54, 1.807) is 19.2 Å². The van der Waals surface area contributed by atoms with Gasteiger partial charge in [-0.2, -0.15) is 10.5 Å². The third-order valence-corrected chi connectivity index (χ3v) is 4.20. The molecule has 0 aromatic heterocycles. The Morgan fingerprint density at radius 3 is 2.50 bits per heavy atom. The minimum Gasteiger partial charge on any atom is -0.387 e. The standard InChI is InChI=1S/C17H21N3O2/c1-12-3-15(11-22-2)9-20(12)10-17(21)16-5-13(7-18)4-14(6-16)8-19/h4-6,12,15,17,21H,3,9-11H2,1-2H3. The zero-order chi connectivity index (χ0) is 16.1. The molecule has 1 aromatic carbocycles. The average Bonchev–Trinajstić information content (AvgIpc) is 2.86.